The molecule has 0 spiro atoms. The summed E-state index contributed by atoms with van der Waals surface area (Å²) in [5.41, 5.74) is 0. The normalized spacial score (nSPS) is 12.4. The van der Waals surface area contributed by atoms with Gasteiger partial charge in [-0.2, -0.15) is 15.8 Å². The van der Waals surface area contributed by atoms with Crippen LogP contribution in [0.1, 0.15) is 122 Å². The van der Waals surface area contributed by atoms with Gasteiger partial charge in [-0.15, -0.1) is 0 Å². The van der Waals surface area contributed by atoms with Crippen LogP contribution in [0.5, 0.6) is 0 Å². The number of hydrogen-bond acceptors (Lipinski definition) is 9. The van der Waals surface area contributed by atoms with Crippen LogP contribution >= 0.6 is 0 Å². The predicted octanol–water partition coefficient (Wildman–Crippen LogP) is 4.01. The summed E-state index contributed by atoms with van der Waals surface area (Å²) in [6.07, 6.45) is 11.4. The summed E-state index contributed by atoms with van der Waals surface area (Å²) in [6.45, 7) is 0.345. The van der Waals surface area contributed by atoms with Crippen molar-refractivity contribution in [2.75, 3.05) is 19.6 Å². The maximum Gasteiger partial charge on any atom is 0.310 e. The lowest BCUT2D eigenvalue weighted by atomic mass is 10.1. The van der Waals surface area contributed by atoms with E-state index in [9.17, 15) is 25.3 Å². The van der Waals surface area contributed by atoms with E-state index in [-0.39, 0.29) is 19.6 Å². The summed E-state index contributed by atoms with van der Waals surface area (Å²) in [4.78, 5) is 0. The zero-order valence-electron chi connectivity index (χ0n) is 24.4. The van der Waals surface area contributed by atoms with Gasteiger partial charge in [-0.25, -0.2) is 39.4 Å². The molecule has 15 heteroatoms. The van der Waals surface area contributed by atoms with Gasteiger partial charge in [0.1, 0.15) is 0 Å². The van der Waals surface area contributed by atoms with E-state index < -0.39 is 33.5 Å². The van der Waals surface area contributed by atoms with Gasteiger partial charge in [0.05, 0.1) is 18.2 Å². The van der Waals surface area contributed by atoms with Crippen LogP contribution in [0.2, 0.25) is 0 Å². The summed E-state index contributed by atoms with van der Waals surface area (Å²) in [6, 6.07) is 6.18. The minimum atomic E-state index is -4.91. The molecule has 0 rings (SSSR count). The minimum absolute atomic E-state index is 0.118. The van der Waals surface area contributed by atoms with E-state index >= 15 is 0 Å². The van der Waals surface area contributed by atoms with Crippen LogP contribution in [-0.4, -0.2) is 48.3 Å². The number of nitriles is 3. The number of unbranched alkanes of at least 4 members (excludes halogenated alkanes) is 15. The molecule has 0 aromatic heterocycles. The lowest BCUT2D eigenvalue weighted by molar-refractivity contribution is 0.529. The van der Waals surface area contributed by atoms with Crippen molar-refractivity contribution in [2.24, 2.45) is 0 Å². The molecule has 0 aliphatic heterocycles. The highest BCUT2D eigenvalue weighted by atomic mass is 32.3. The lowest BCUT2D eigenvalue weighted by Crippen LogP contribution is -2.62. The Labute approximate surface area is 248 Å². The van der Waals surface area contributed by atoms with Crippen LogP contribution < -0.4 is 14.2 Å². The molecular formula is C26H48N6O6S3. The van der Waals surface area contributed by atoms with Crippen LogP contribution in [0.3, 0.4) is 0 Å². The topological polar surface area (TPSA) is 210 Å². The summed E-state index contributed by atoms with van der Waals surface area (Å²) >= 11 is 0. The monoisotopic (exact) mass is 636 g/mol. The Hall–Kier alpha value is -1.80. The van der Waals surface area contributed by atoms with Gasteiger partial charge in [-0.05, 0) is 45.4 Å². The van der Waals surface area contributed by atoms with Crippen molar-refractivity contribution in [3.05, 3.63) is 0 Å². The van der Waals surface area contributed by atoms with E-state index in [2.05, 4.69) is 32.4 Å². The zero-order chi connectivity index (χ0) is 31.1. The van der Waals surface area contributed by atoms with E-state index in [0.29, 0.717) is 64.7 Å². The second-order valence-corrected chi connectivity index (χ2v) is 17.2. The van der Waals surface area contributed by atoms with Crippen molar-refractivity contribution in [1.29, 1.82) is 15.8 Å². The number of hydrogen-bond donors (Lipinski definition) is 3. The number of nitrogens with one attached hydrogen (secondary N) is 3. The SMILES string of the molecule is CC(S(=O)(=O)NCCCCCCCC#N)(S(=O)(=O)NCCCCCCCC#N)S(=O)(=O)NCCCCCCCC#N. The summed E-state index contributed by atoms with van der Waals surface area (Å²) in [5.74, 6) is 0. The average molecular weight is 637 g/mol. The molecule has 0 fully saturated rings. The van der Waals surface area contributed by atoms with Crippen LogP contribution in [0.15, 0.2) is 0 Å². The molecule has 0 saturated carbocycles. The van der Waals surface area contributed by atoms with Crippen molar-refractivity contribution >= 4 is 30.1 Å². The third-order valence-corrected chi connectivity index (χ3v) is 15.4. The van der Waals surface area contributed by atoms with Crippen molar-refractivity contribution in [2.45, 2.75) is 126 Å². The molecule has 0 aromatic rings. The third kappa shape index (κ3) is 14.8. The summed E-state index contributed by atoms with van der Waals surface area (Å²) in [7, 11) is -14.7. The first-order valence-corrected chi connectivity index (χ1v) is 19.0. The Bertz CT molecular complexity index is 1020. The molecular weight excluding hydrogens is 589 g/mol. The van der Waals surface area contributed by atoms with E-state index in [1.807, 2.05) is 0 Å². The smallest absolute Gasteiger partial charge is 0.213 e. The lowest BCUT2D eigenvalue weighted by Gasteiger charge is -2.29. The summed E-state index contributed by atoms with van der Waals surface area (Å²) in [5, 5.41) is 25.8. The van der Waals surface area contributed by atoms with Gasteiger partial charge in [0.25, 0.3) is 0 Å². The standard InChI is InChI=1S/C26H48N6O6S3/c1-26(39(33,34)30-23-17-11-5-2-8-14-20-27,40(35,36)31-24-18-12-6-3-9-15-21-28)41(37,38)32-25-19-13-7-4-10-16-22-29/h30-32H,2-19,23-25H2,1H3. The minimum Gasteiger partial charge on any atom is -0.213 e. The van der Waals surface area contributed by atoms with Crippen LogP contribution in [0.4, 0.5) is 0 Å². The molecule has 12 nitrogen and oxygen atoms in total. The maximum absolute atomic E-state index is 13.4. The summed E-state index contributed by atoms with van der Waals surface area (Å²) < 4.78 is 83.5. The predicted molar refractivity (Wildman–Crippen MR) is 159 cm³/mol. The first-order valence-electron chi connectivity index (χ1n) is 14.5. The molecule has 0 bridgehead atoms. The van der Waals surface area contributed by atoms with Gasteiger partial charge < -0.3 is 0 Å². The van der Waals surface area contributed by atoms with E-state index in [4.69, 9.17) is 15.8 Å². The molecule has 0 amide bonds. The van der Waals surface area contributed by atoms with Crippen LogP contribution in [0.25, 0.3) is 0 Å². The van der Waals surface area contributed by atoms with Crippen molar-refractivity contribution in [3.8, 4) is 18.2 Å². The number of sulfonamides is 3. The molecule has 0 saturated heterocycles. The molecule has 0 radical (unpaired) electrons. The Morgan fingerprint density at radius 1 is 0.439 bits per heavy atom. The number of nitrogens with zero attached hydrogens (tertiary/aromatic N) is 3. The molecule has 0 aliphatic carbocycles. The highest BCUT2D eigenvalue weighted by molar-refractivity contribution is 8.24. The quantitative estimate of drug-likeness (QED) is 0.111. The van der Waals surface area contributed by atoms with Crippen molar-refractivity contribution < 1.29 is 25.3 Å². The first-order chi connectivity index (χ1) is 19.4. The zero-order valence-corrected chi connectivity index (χ0v) is 26.8. The van der Waals surface area contributed by atoms with E-state index in [1.54, 1.807) is 0 Å². The molecule has 0 aliphatic rings. The highest BCUT2D eigenvalue weighted by Gasteiger charge is 2.61. The fourth-order valence-corrected chi connectivity index (χ4v) is 10.6. The molecule has 0 atom stereocenters. The second-order valence-electron chi connectivity index (χ2n) is 10.1. The Morgan fingerprint density at radius 2 is 0.659 bits per heavy atom. The van der Waals surface area contributed by atoms with Crippen LogP contribution in [-0.2, 0) is 30.1 Å². The number of rotatable bonds is 27. The molecule has 236 valence electrons. The van der Waals surface area contributed by atoms with E-state index in [0.717, 1.165) is 57.8 Å². The van der Waals surface area contributed by atoms with Gasteiger partial charge in [0.15, 0.2) is 0 Å². The first kappa shape index (κ1) is 39.2. The van der Waals surface area contributed by atoms with Gasteiger partial charge in [-0.1, -0.05) is 57.8 Å². The van der Waals surface area contributed by atoms with E-state index in [1.165, 1.54) is 0 Å². The van der Waals surface area contributed by atoms with Gasteiger partial charge in [-0.3, -0.25) is 0 Å². The van der Waals surface area contributed by atoms with Crippen LogP contribution in [0, 0.1) is 34.0 Å². The fourth-order valence-electron chi connectivity index (χ4n) is 4.02. The van der Waals surface area contributed by atoms with Gasteiger partial charge >= 0.3 is 3.41 Å². The largest absolute Gasteiger partial charge is 0.310 e. The van der Waals surface area contributed by atoms with Gasteiger partial charge in [0.2, 0.25) is 30.1 Å². The maximum atomic E-state index is 13.4. The fraction of sp³-hybridized carbons (Fsp3) is 0.885. The molecule has 41 heavy (non-hydrogen) atoms. The third-order valence-electron chi connectivity index (χ3n) is 6.74. The average Bonchev–Trinajstić information content (AvgIpc) is 2.92. The Kier molecular flexibility index (Phi) is 20.9. The highest BCUT2D eigenvalue weighted by Crippen LogP contribution is 2.29. The van der Waals surface area contributed by atoms with Crippen molar-refractivity contribution in [1.82, 2.24) is 14.2 Å². The Balaban J connectivity index is 5.39. The Morgan fingerprint density at radius 3 is 0.902 bits per heavy atom. The second kappa shape index (κ2) is 21.8. The molecule has 0 unspecified atom stereocenters. The van der Waals surface area contributed by atoms with Gasteiger partial charge in [0, 0.05) is 38.9 Å². The molecule has 3 N–H and O–H groups in total. The molecule has 0 heterocycles. The molecule has 0 aromatic carbocycles. The van der Waals surface area contributed by atoms with Crippen molar-refractivity contribution in [3.63, 3.8) is 0 Å².